The van der Waals surface area contributed by atoms with Crippen molar-refractivity contribution in [2.24, 2.45) is 10.9 Å². The summed E-state index contributed by atoms with van der Waals surface area (Å²) in [7, 11) is 1.67. The van der Waals surface area contributed by atoms with E-state index in [-0.39, 0.29) is 12.4 Å². The van der Waals surface area contributed by atoms with Gasteiger partial charge in [0, 0.05) is 38.8 Å². The average Bonchev–Trinajstić information content (AvgIpc) is 3.14. The van der Waals surface area contributed by atoms with E-state index >= 15 is 0 Å². The topological polar surface area (TPSA) is 64.1 Å². The van der Waals surface area contributed by atoms with Gasteiger partial charge in [-0.05, 0) is 25.0 Å². The van der Waals surface area contributed by atoms with E-state index in [1.54, 1.807) is 7.05 Å². The minimum atomic E-state index is -0.711. The predicted octanol–water partition coefficient (Wildman–Crippen LogP) is 1.95. The molecule has 8 heteroatoms. The second-order valence-corrected chi connectivity index (χ2v) is 6.01. The van der Waals surface area contributed by atoms with Gasteiger partial charge in [-0.3, -0.25) is 4.99 Å². The van der Waals surface area contributed by atoms with E-state index in [4.69, 9.17) is 14.2 Å². The Morgan fingerprint density at radius 3 is 2.85 bits per heavy atom. The highest BCUT2D eigenvalue weighted by molar-refractivity contribution is 5.79. The van der Waals surface area contributed by atoms with Crippen molar-refractivity contribution < 1.29 is 23.0 Å². The molecule has 1 aliphatic heterocycles. The van der Waals surface area contributed by atoms with E-state index in [0.717, 1.165) is 51.3 Å². The molecule has 1 fully saturated rings. The van der Waals surface area contributed by atoms with E-state index in [2.05, 4.69) is 15.6 Å². The van der Waals surface area contributed by atoms with Gasteiger partial charge in [-0.25, -0.2) is 8.78 Å². The highest BCUT2D eigenvalue weighted by atomic mass is 19.1. The fraction of sp³-hybridized carbons (Fsp3) is 0.611. The van der Waals surface area contributed by atoms with Gasteiger partial charge < -0.3 is 24.8 Å². The number of halogens is 2. The Morgan fingerprint density at radius 2 is 2.12 bits per heavy atom. The number of benzene rings is 1. The molecular weight excluding hydrogens is 344 g/mol. The summed E-state index contributed by atoms with van der Waals surface area (Å²) in [5, 5.41) is 6.24. The molecular formula is C18H27F2N3O3. The first-order chi connectivity index (χ1) is 12.7. The summed E-state index contributed by atoms with van der Waals surface area (Å²) in [5.41, 5.74) is 0. The number of nitrogens with one attached hydrogen (secondary N) is 2. The van der Waals surface area contributed by atoms with E-state index in [1.807, 2.05) is 0 Å². The Hall–Kier alpha value is -1.93. The number of nitrogens with zero attached hydrogens (tertiary/aromatic N) is 1. The Kier molecular flexibility index (Phi) is 9.13. The largest absolute Gasteiger partial charge is 0.489 e. The molecule has 26 heavy (non-hydrogen) atoms. The second-order valence-electron chi connectivity index (χ2n) is 6.01. The van der Waals surface area contributed by atoms with Crippen molar-refractivity contribution in [3.63, 3.8) is 0 Å². The van der Waals surface area contributed by atoms with Crippen molar-refractivity contribution >= 4 is 5.96 Å². The van der Waals surface area contributed by atoms with Gasteiger partial charge in [0.1, 0.15) is 12.4 Å². The molecule has 0 saturated carbocycles. The quantitative estimate of drug-likeness (QED) is 0.374. The van der Waals surface area contributed by atoms with Gasteiger partial charge in [0.15, 0.2) is 17.5 Å². The number of ether oxygens (including phenoxy) is 3. The van der Waals surface area contributed by atoms with Gasteiger partial charge in [0.2, 0.25) is 0 Å². The Morgan fingerprint density at radius 1 is 1.27 bits per heavy atom. The molecule has 1 aromatic carbocycles. The minimum absolute atomic E-state index is 0.0287. The lowest BCUT2D eigenvalue weighted by Gasteiger charge is -2.13. The summed E-state index contributed by atoms with van der Waals surface area (Å²) in [6, 6.07) is 3.23. The Bertz CT molecular complexity index is 567. The van der Waals surface area contributed by atoms with E-state index in [9.17, 15) is 8.78 Å². The van der Waals surface area contributed by atoms with Gasteiger partial charge in [0.25, 0.3) is 0 Å². The third-order valence-corrected chi connectivity index (χ3v) is 3.91. The van der Waals surface area contributed by atoms with Crippen LogP contribution in [0.3, 0.4) is 0 Å². The molecule has 0 bridgehead atoms. The summed E-state index contributed by atoms with van der Waals surface area (Å²) < 4.78 is 42.5. The SMILES string of the molecule is CN=C(NCCCOCC1CCOC1)NCCOc1ccc(F)cc1F. The van der Waals surface area contributed by atoms with Crippen molar-refractivity contribution in [1.29, 1.82) is 0 Å². The molecule has 2 N–H and O–H groups in total. The fourth-order valence-electron chi connectivity index (χ4n) is 2.49. The normalized spacial score (nSPS) is 17.3. The maximum absolute atomic E-state index is 13.4. The third-order valence-electron chi connectivity index (χ3n) is 3.91. The molecule has 1 atom stereocenters. The zero-order valence-electron chi connectivity index (χ0n) is 15.1. The smallest absolute Gasteiger partial charge is 0.191 e. The van der Waals surface area contributed by atoms with Crippen LogP contribution in [0.1, 0.15) is 12.8 Å². The molecule has 2 rings (SSSR count). The molecule has 0 radical (unpaired) electrons. The van der Waals surface area contributed by atoms with Gasteiger partial charge in [-0.15, -0.1) is 0 Å². The lowest BCUT2D eigenvalue weighted by Crippen LogP contribution is -2.40. The minimum Gasteiger partial charge on any atom is -0.489 e. The summed E-state index contributed by atoms with van der Waals surface area (Å²) in [4.78, 5) is 4.10. The van der Waals surface area contributed by atoms with Crippen LogP contribution in [0.15, 0.2) is 23.2 Å². The summed E-state index contributed by atoms with van der Waals surface area (Å²) in [5.74, 6) is -0.142. The van der Waals surface area contributed by atoms with Gasteiger partial charge in [-0.2, -0.15) is 0 Å². The second kappa shape index (κ2) is 11.6. The van der Waals surface area contributed by atoms with Gasteiger partial charge in [0.05, 0.1) is 19.8 Å². The van der Waals surface area contributed by atoms with Crippen LogP contribution >= 0.6 is 0 Å². The lowest BCUT2D eigenvalue weighted by molar-refractivity contribution is 0.0888. The van der Waals surface area contributed by atoms with Crippen molar-refractivity contribution in [2.75, 3.05) is 53.2 Å². The van der Waals surface area contributed by atoms with Crippen LogP contribution in [0.5, 0.6) is 5.75 Å². The predicted molar refractivity (Wildman–Crippen MR) is 95.6 cm³/mol. The molecule has 0 aromatic heterocycles. The zero-order chi connectivity index (χ0) is 18.6. The summed E-state index contributed by atoms with van der Waals surface area (Å²) >= 11 is 0. The fourth-order valence-corrected chi connectivity index (χ4v) is 2.49. The third kappa shape index (κ3) is 7.53. The van der Waals surface area contributed by atoms with E-state index < -0.39 is 11.6 Å². The van der Waals surface area contributed by atoms with E-state index in [0.29, 0.717) is 25.0 Å². The lowest BCUT2D eigenvalue weighted by atomic mass is 10.1. The van der Waals surface area contributed by atoms with Crippen LogP contribution < -0.4 is 15.4 Å². The summed E-state index contributed by atoms with van der Waals surface area (Å²) in [6.07, 6.45) is 1.95. The number of hydrogen-bond acceptors (Lipinski definition) is 4. The van der Waals surface area contributed by atoms with Crippen molar-refractivity contribution in [3.8, 4) is 5.75 Å². The van der Waals surface area contributed by atoms with Crippen molar-refractivity contribution in [1.82, 2.24) is 10.6 Å². The molecule has 1 unspecified atom stereocenters. The van der Waals surface area contributed by atoms with Crippen molar-refractivity contribution in [2.45, 2.75) is 12.8 Å². The number of guanidine groups is 1. The molecule has 146 valence electrons. The monoisotopic (exact) mass is 371 g/mol. The number of rotatable bonds is 10. The van der Waals surface area contributed by atoms with Crippen LogP contribution in [0, 0.1) is 17.6 Å². The Balaban J connectivity index is 1.50. The first-order valence-corrected chi connectivity index (χ1v) is 8.87. The molecule has 0 spiro atoms. The molecule has 6 nitrogen and oxygen atoms in total. The zero-order valence-corrected chi connectivity index (χ0v) is 15.1. The highest BCUT2D eigenvalue weighted by Crippen LogP contribution is 2.17. The van der Waals surface area contributed by atoms with Crippen LogP contribution in [0.25, 0.3) is 0 Å². The average molecular weight is 371 g/mol. The van der Waals surface area contributed by atoms with Crippen LogP contribution in [-0.4, -0.2) is 59.1 Å². The standard InChI is InChI=1S/C18H27F2N3O3/c1-21-18(22-6-2-8-24-12-14-5-9-25-13-14)23-7-10-26-17-4-3-15(19)11-16(17)20/h3-4,11,14H,2,5-10,12-13H2,1H3,(H2,21,22,23). The maximum Gasteiger partial charge on any atom is 0.191 e. The molecule has 1 saturated heterocycles. The molecule has 1 aromatic rings. The highest BCUT2D eigenvalue weighted by Gasteiger charge is 2.15. The molecule has 1 aliphatic rings. The first kappa shape index (κ1) is 20.4. The van der Waals surface area contributed by atoms with Crippen molar-refractivity contribution in [3.05, 3.63) is 29.8 Å². The van der Waals surface area contributed by atoms with Gasteiger partial charge in [-0.1, -0.05) is 0 Å². The first-order valence-electron chi connectivity index (χ1n) is 8.87. The Labute approximate surface area is 152 Å². The molecule has 0 aliphatic carbocycles. The maximum atomic E-state index is 13.4. The van der Waals surface area contributed by atoms with Gasteiger partial charge >= 0.3 is 0 Å². The molecule has 0 amide bonds. The number of aliphatic imine (C=N–C) groups is 1. The van der Waals surface area contributed by atoms with Crippen LogP contribution in [-0.2, 0) is 9.47 Å². The molecule has 1 heterocycles. The number of hydrogen-bond donors (Lipinski definition) is 2. The van der Waals surface area contributed by atoms with Crippen LogP contribution in [0.4, 0.5) is 8.78 Å². The van der Waals surface area contributed by atoms with Crippen LogP contribution in [0.2, 0.25) is 0 Å². The summed E-state index contributed by atoms with van der Waals surface area (Å²) in [6.45, 7) is 4.49. The van der Waals surface area contributed by atoms with E-state index in [1.165, 1.54) is 6.07 Å².